The van der Waals surface area contributed by atoms with Crippen LogP contribution < -0.4 is 14.2 Å². The summed E-state index contributed by atoms with van der Waals surface area (Å²) in [5, 5.41) is 0. The fourth-order valence-electron chi connectivity index (χ4n) is 4.34. The van der Waals surface area contributed by atoms with Gasteiger partial charge >= 0.3 is 0 Å². The van der Waals surface area contributed by atoms with E-state index < -0.39 is 5.60 Å². The molecule has 7 heteroatoms. The van der Waals surface area contributed by atoms with E-state index in [9.17, 15) is 14.4 Å². The van der Waals surface area contributed by atoms with Crippen LogP contribution in [0.15, 0.2) is 42.5 Å². The van der Waals surface area contributed by atoms with Crippen LogP contribution >= 0.6 is 0 Å². The second-order valence-corrected chi connectivity index (χ2v) is 8.28. The number of methoxy groups -OCH3 is 2. The molecule has 0 saturated carbocycles. The summed E-state index contributed by atoms with van der Waals surface area (Å²) < 4.78 is 16.6. The Kier molecular flexibility index (Phi) is 6.17. The van der Waals surface area contributed by atoms with Gasteiger partial charge in [-0.2, -0.15) is 0 Å². The van der Waals surface area contributed by atoms with Gasteiger partial charge in [0, 0.05) is 44.3 Å². The van der Waals surface area contributed by atoms with Crippen molar-refractivity contribution in [3.63, 3.8) is 0 Å². The Morgan fingerprint density at radius 2 is 1.62 bits per heavy atom. The van der Waals surface area contributed by atoms with Crippen LogP contribution in [0.5, 0.6) is 17.2 Å². The van der Waals surface area contributed by atoms with Crippen LogP contribution in [0.4, 0.5) is 0 Å². The number of benzene rings is 2. The van der Waals surface area contributed by atoms with Gasteiger partial charge in [0.15, 0.2) is 11.6 Å². The highest BCUT2D eigenvalue weighted by Gasteiger charge is 2.43. The van der Waals surface area contributed by atoms with Crippen molar-refractivity contribution in [1.82, 2.24) is 4.90 Å². The molecule has 0 radical (unpaired) electrons. The van der Waals surface area contributed by atoms with E-state index in [0.717, 1.165) is 0 Å². The average Bonchev–Trinajstić information content (AvgIpc) is 2.82. The Hall–Kier alpha value is -3.35. The number of Topliss-reactive ketones (excluding diaryl/α,β-unsaturated/α-hetero) is 2. The number of carbonyl (C=O) groups excluding carboxylic acids is 3. The SMILES string of the molecule is COc1ccc(C(=O)CCC(=O)N2CCC3(CC2)CC(=O)c2cc(OC)ccc2O3)cc1. The molecular formula is C25H27NO6. The third kappa shape index (κ3) is 4.47. The molecule has 2 aliphatic rings. The van der Waals surface area contributed by atoms with E-state index >= 15 is 0 Å². The lowest BCUT2D eigenvalue weighted by Gasteiger charge is -2.44. The summed E-state index contributed by atoms with van der Waals surface area (Å²) in [4.78, 5) is 39.6. The summed E-state index contributed by atoms with van der Waals surface area (Å²) in [6, 6.07) is 12.2. The Labute approximate surface area is 187 Å². The quantitative estimate of drug-likeness (QED) is 0.641. The minimum absolute atomic E-state index is 0.0371. The molecule has 1 amide bonds. The van der Waals surface area contributed by atoms with Gasteiger partial charge in [-0.05, 0) is 42.5 Å². The summed E-state index contributed by atoms with van der Waals surface area (Å²) in [6.07, 6.45) is 1.80. The first kappa shape index (κ1) is 21.9. The van der Waals surface area contributed by atoms with E-state index in [-0.39, 0.29) is 30.3 Å². The topological polar surface area (TPSA) is 82.1 Å². The predicted octanol–water partition coefficient (Wildman–Crippen LogP) is 3.69. The van der Waals surface area contributed by atoms with Crippen molar-refractivity contribution in [1.29, 1.82) is 0 Å². The largest absolute Gasteiger partial charge is 0.497 e. The molecular weight excluding hydrogens is 410 g/mol. The molecule has 32 heavy (non-hydrogen) atoms. The molecule has 0 bridgehead atoms. The zero-order valence-corrected chi connectivity index (χ0v) is 18.4. The standard InChI is InChI=1S/C25H27NO6/c1-30-18-5-3-17(4-6-18)21(27)8-10-24(29)26-13-11-25(12-14-26)16-22(28)20-15-19(31-2)7-9-23(20)32-25/h3-7,9,15H,8,10-14,16H2,1-2H3. The predicted molar refractivity (Wildman–Crippen MR) is 118 cm³/mol. The maximum absolute atomic E-state index is 12.7. The zero-order valence-electron chi connectivity index (χ0n) is 18.4. The Morgan fingerprint density at radius 3 is 2.28 bits per heavy atom. The third-order valence-corrected chi connectivity index (χ3v) is 6.30. The summed E-state index contributed by atoms with van der Waals surface area (Å²) >= 11 is 0. The molecule has 0 aliphatic carbocycles. The van der Waals surface area contributed by atoms with Crippen molar-refractivity contribution in [2.75, 3.05) is 27.3 Å². The number of nitrogens with zero attached hydrogens (tertiary/aromatic N) is 1. The highest BCUT2D eigenvalue weighted by atomic mass is 16.5. The normalized spacial score (nSPS) is 16.8. The number of rotatable bonds is 6. The number of hydrogen-bond donors (Lipinski definition) is 0. The maximum Gasteiger partial charge on any atom is 0.223 e. The summed E-state index contributed by atoms with van der Waals surface area (Å²) in [7, 11) is 3.14. The minimum atomic E-state index is -0.575. The molecule has 0 aromatic heterocycles. The monoisotopic (exact) mass is 437 g/mol. The third-order valence-electron chi connectivity index (χ3n) is 6.30. The first-order valence-electron chi connectivity index (χ1n) is 10.8. The second-order valence-electron chi connectivity index (χ2n) is 8.28. The van der Waals surface area contributed by atoms with E-state index in [1.54, 1.807) is 61.6 Å². The number of piperidine rings is 1. The van der Waals surface area contributed by atoms with Crippen LogP contribution in [0.25, 0.3) is 0 Å². The van der Waals surface area contributed by atoms with Crippen LogP contribution in [0.1, 0.15) is 52.8 Å². The van der Waals surface area contributed by atoms with Gasteiger partial charge in [0.1, 0.15) is 22.8 Å². The molecule has 2 aliphatic heterocycles. The molecule has 168 valence electrons. The number of carbonyl (C=O) groups is 3. The fraction of sp³-hybridized carbons (Fsp3) is 0.400. The van der Waals surface area contributed by atoms with Crippen LogP contribution in [-0.4, -0.2) is 55.3 Å². The van der Waals surface area contributed by atoms with E-state index in [2.05, 4.69) is 0 Å². The second kappa shape index (κ2) is 9.02. The zero-order chi connectivity index (χ0) is 22.7. The van der Waals surface area contributed by atoms with E-state index in [1.165, 1.54) is 0 Å². The Balaban J connectivity index is 1.31. The molecule has 0 N–H and O–H groups in total. The van der Waals surface area contributed by atoms with Gasteiger partial charge in [-0.1, -0.05) is 0 Å². The highest BCUT2D eigenvalue weighted by Crippen LogP contribution is 2.40. The Morgan fingerprint density at radius 1 is 0.969 bits per heavy atom. The van der Waals surface area contributed by atoms with Gasteiger partial charge in [0.2, 0.25) is 5.91 Å². The van der Waals surface area contributed by atoms with Gasteiger partial charge < -0.3 is 19.1 Å². The number of likely N-dealkylation sites (tertiary alicyclic amines) is 1. The number of fused-ring (bicyclic) bond motifs is 1. The van der Waals surface area contributed by atoms with E-state index in [4.69, 9.17) is 14.2 Å². The summed E-state index contributed by atoms with van der Waals surface area (Å²) in [5.41, 5.74) is 0.542. The van der Waals surface area contributed by atoms with Crippen LogP contribution in [0.2, 0.25) is 0 Å². The van der Waals surface area contributed by atoms with Crippen molar-refractivity contribution in [2.45, 2.75) is 37.7 Å². The first-order chi connectivity index (χ1) is 15.4. The average molecular weight is 437 g/mol. The summed E-state index contributed by atoms with van der Waals surface area (Å²) in [6.45, 7) is 1.02. The fourth-order valence-corrected chi connectivity index (χ4v) is 4.34. The molecule has 2 aromatic carbocycles. The van der Waals surface area contributed by atoms with Gasteiger partial charge in [-0.25, -0.2) is 0 Å². The molecule has 1 spiro atoms. The van der Waals surface area contributed by atoms with E-state index in [0.29, 0.717) is 60.7 Å². The lowest BCUT2D eigenvalue weighted by Crippen LogP contribution is -2.52. The van der Waals surface area contributed by atoms with Crippen molar-refractivity contribution < 1.29 is 28.6 Å². The molecule has 4 rings (SSSR count). The smallest absolute Gasteiger partial charge is 0.223 e. The van der Waals surface area contributed by atoms with Crippen LogP contribution in [-0.2, 0) is 4.79 Å². The van der Waals surface area contributed by atoms with Gasteiger partial charge in [-0.3, -0.25) is 14.4 Å². The molecule has 0 atom stereocenters. The molecule has 1 fully saturated rings. The van der Waals surface area contributed by atoms with Crippen molar-refractivity contribution >= 4 is 17.5 Å². The Bertz CT molecular complexity index is 1020. The van der Waals surface area contributed by atoms with Crippen molar-refractivity contribution in [3.8, 4) is 17.2 Å². The lowest BCUT2D eigenvalue weighted by atomic mass is 9.82. The number of ketones is 2. The van der Waals surface area contributed by atoms with Crippen molar-refractivity contribution in [3.05, 3.63) is 53.6 Å². The molecule has 7 nitrogen and oxygen atoms in total. The van der Waals surface area contributed by atoms with Gasteiger partial charge in [0.05, 0.1) is 26.2 Å². The van der Waals surface area contributed by atoms with E-state index in [1.807, 2.05) is 0 Å². The summed E-state index contributed by atoms with van der Waals surface area (Å²) in [5.74, 6) is 1.81. The van der Waals surface area contributed by atoms with Crippen molar-refractivity contribution in [2.24, 2.45) is 0 Å². The molecule has 1 saturated heterocycles. The number of amides is 1. The molecule has 2 heterocycles. The molecule has 0 unspecified atom stereocenters. The lowest BCUT2D eigenvalue weighted by molar-refractivity contribution is -0.134. The first-order valence-corrected chi connectivity index (χ1v) is 10.8. The minimum Gasteiger partial charge on any atom is -0.497 e. The van der Waals surface area contributed by atoms with Gasteiger partial charge in [0.25, 0.3) is 0 Å². The highest BCUT2D eigenvalue weighted by molar-refractivity contribution is 6.01. The van der Waals surface area contributed by atoms with Crippen LogP contribution in [0.3, 0.4) is 0 Å². The van der Waals surface area contributed by atoms with Gasteiger partial charge in [-0.15, -0.1) is 0 Å². The number of ether oxygens (including phenoxy) is 3. The molecule has 2 aromatic rings. The maximum atomic E-state index is 12.7. The van der Waals surface area contributed by atoms with Crippen LogP contribution in [0, 0.1) is 0 Å². The number of hydrogen-bond acceptors (Lipinski definition) is 6.